The summed E-state index contributed by atoms with van der Waals surface area (Å²) in [5, 5.41) is 3.01. The van der Waals surface area contributed by atoms with Gasteiger partial charge in [0.2, 0.25) is 10.0 Å². The molecular weight excluding hydrogens is 374 g/mol. The Morgan fingerprint density at radius 3 is 2.67 bits per heavy atom. The number of sulfonamides is 1. The van der Waals surface area contributed by atoms with Crippen LogP contribution in [-0.2, 0) is 10.0 Å². The smallest absolute Gasteiger partial charge is 0.246 e. The average Bonchev–Trinajstić information content (AvgIpc) is 2.46. The van der Waals surface area contributed by atoms with Crippen molar-refractivity contribution in [2.45, 2.75) is 31.2 Å². The van der Waals surface area contributed by atoms with Crippen LogP contribution in [0.5, 0.6) is 0 Å². The topological polar surface area (TPSA) is 62.3 Å². The molecule has 1 atom stereocenters. The highest BCUT2D eigenvalue weighted by molar-refractivity contribution is 9.10. The van der Waals surface area contributed by atoms with Crippen LogP contribution in [-0.4, -0.2) is 49.3 Å². The Labute approximate surface area is 140 Å². The maximum Gasteiger partial charge on any atom is 0.246 e. The molecule has 21 heavy (non-hydrogen) atoms. The Hall–Kier alpha value is -0.310. The lowest BCUT2D eigenvalue weighted by Gasteiger charge is -2.26. The van der Waals surface area contributed by atoms with E-state index in [1.807, 2.05) is 20.1 Å². The van der Waals surface area contributed by atoms with Gasteiger partial charge >= 0.3 is 0 Å². The molecule has 0 radical (unpaired) electrons. The first-order valence-electron chi connectivity index (χ1n) is 6.74. The second-order valence-electron chi connectivity index (χ2n) is 4.57. The van der Waals surface area contributed by atoms with E-state index in [9.17, 15) is 8.42 Å². The van der Waals surface area contributed by atoms with Crippen molar-refractivity contribution >= 4 is 43.5 Å². The Kier molecular flexibility index (Phi) is 7.46. The number of hydrogen-bond donors (Lipinski definition) is 1. The minimum Gasteiger partial charge on any atom is -0.369 e. The molecule has 0 aliphatic rings. The molecule has 5 nitrogen and oxygen atoms in total. The number of nitrogens with one attached hydrogen (secondary N) is 1. The lowest BCUT2D eigenvalue weighted by Crippen LogP contribution is -2.38. The Balaban J connectivity index is 3.25. The molecule has 0 spiro atoms. The zero-order valence-electron chi connectivity index (χ0n) is 12.8. The van der Waals surface area contributed by atoms with Gasteiger partial charge in [-0.3, -0.25) is 0 Å². The molecule has 0 aromatic carbocycles. The number of hydrogen-bond acceptors (Lipinski definition) is 5. The van der Waals surface area contributed by atoms with Gasteiger partial charge in [-0.15, -0.1) is 0 Å². The van der Waals surface area contributed by atoms with E-state index in [0.717, 1.165) is 12.2 Å². The zero-order valence-corrected chi connectivity index (χ0v) is 16.0. The van der Waals surface area contributed by atoms with Crippen molar-refractivity contribution in [3.63, 3.8) is 0 Å². The molecule has 1 aromatic heterocycles. The number of pyridine rings is 1. The quantitative estimate of drug-likeness (QED) is 0.732. The van der Waals surface area contributed by atoms with Gasteiger partial charge in [0.15, 0.2) is 0 Å². The van der Waals surface area contributed by atoms with Crippen LogP contribution in [0.25, 0.3) is 0 Å². The van der Waals surface area contributed by atoms with Gasteiger partial charge in [0.25, 0.3) is 0 Å². The van der Waals surface area contributed by atoms with Crippen molar-refractivity contribution in [2.75, 3.05) is 30.9 Å². The third-order valence-electron chi connectivity index (χ3n) is 3.17. The van der Waals surface area contributed by atoms with Crippen LogP contribution in [0, 0.1) is 0 Å². The summed E-state index contributed by atoms with van der Waals surface area (Å²) < 4.78 is 27.8. The molecule has 120 valence electrons. The highest BCUT2D eigenvalue weighted by atomic mass is 79.9. The van der Waals surface area contributed by atoms with Crippen molar-refractivity contribution < 1.29 is 8.42 Å². The molecule has 0 saturated carbocycles. The van der Waals surface area contributed by atoms with Crippen molar-refractivity contribution in [1.29, 1.82) is 0 Å². The maximum atomic E-state index is 12.9. The Bertz CT molecular complexity index is 567. The first-order chi connectivity index (χ1) is 9.88. The first kappa shape index (κ1) is 18.7. The highest BCUT2D eigenvalue weighted by Gasteiger charge is 2.29. The summed E-state index contributed by atoms with van der Waals surface area (Å²) in [6, 6.07) is 1.57. The van der Waals surface area contributed by atoms with E-state index in [0.29, 0.717) is 16.8 Å². The monoisotopic (exact) mass is 395 g/mol. The zero-order chi connectivity index (χ0) is 16.0. The van der Waals surface area contributed by atoms with E-state index in [2.05, 4.69) is 26.2 Å². The van der Waals surface area contributed by atoms with Gasteiger partial charge in [-0.25, -0.2) is 13.4 Å². The van der Waals surface area contributed by atoms with E-state index in [1.54, 1.807) is 31.1 Å². The fourth-order valence-electron chi connectivity index (χ4n) is 1.94. The predicted octanol–water partition coefficient (Wildman–Crippen LogP) is 3.04. The molecular formula is C13H22BrN3O2S2. The summed E-state index contributed by atoms with van der Waals surface area (Å²) in [5.74, 6) is 1.16. The summed E-state index contributed by atoms with van der Waals surface area (Å²) in [5.41, 5.74) is 0. The van der Waals surface area contributed by atoms with E-state index < -0.39 is 10.0 Å². The third-order valence-corrected chi connectivity index (χ3v) is 6.24. The maximum absolute atomic E-state index is 12.9. The molecule has 1 unspecified atom stereocenters. The molecule has 0 aliphatic carbocycles. The molecule has 0 amide bonds. The number of nitrogens with zero attached hydrogens (tertiary/aromatic N) is 2. The molecule has 0 aliphatic heterocycles. The van der Waals surface area contributed by atoms with E-state index in [-0.39, 0.29) is 10.9 Å². The molecule has 1 N–H and O–H groups in total. The van der Waals surface area contributed by atoms with Crippen LogP contribution in [0.3, 0.4) is 0 Å². The van der Waals surface area contributed by atoms with Crippen LogP contribution in [0.15, 0.2) is 21.6 Å². The van der Waals surface area contributed by atoms with Crippen molar-refractivity contribution in [3.8, 4) is 0 Å². The fraction of sp³-hybridized carbons (Fsp3) is 0.615. The van der Waals surface area contributed by atoms with Gasteiger partial charge in [-0.2, -0.15) is 16.1 Å². The normalized spacial score (nSPS) is 13.4. The molecule has 0 bridgehead atoms. The van der Waals surface area contributed by atoms with Gasteiger partial charge in [0.1, 0.15) is 10.7 Å². The number of thioether (sulfide) groups is 1. The third kappa shape index (κ3) is 4.58. The highest BCUT2D eigenvalue weighted by Crippen LogP contribution is 2.27. The largest absolute Gasteiger partial charge is 0.369 e. The second-order valence-corrected chi connectivity index (χ2v) is 8.36. The number of halogens is 1. The number of rotatable bonds is 8. The molecule has 1 heterocycles. The van der Waals surface area contributed by atoms with Gasteiger partial charge in [-0.05, 0) is 41.6 Å². The SMILES string of the molecule is CCNc1ncc(Br)cc1S(=O)(=O)N(C)C(CC)CSC. The summed E-state index contributed by atoms with van der Waals surface area (Å²) in [4.78, 5) is 4.39. The minimum absolute atomic E-state index is 0.0292. The van der Waals surface area contributed by atoms with Crippen LogP contribution in [0.4, 0.5) is 5.82 Å². The average molecular weight is 396 g/mol. The van der Waals surface area contributed by atoms with Crippen LogP contribution in [0.2, 0.25) is 0 Å². The fourth-order valence-corrected chi connectivity index (χ4v) is 4.93. The first-order valence-corrected chi connectivity index (χ1v) is 10.4. The van der Waals surface area contributed by atoms with Gasteiger partial charge in [-0.1, -0.05) is 6.92 Å². The van der Waals surface area contributed by atoms with Crippen LogP contribution < -0.4 is 5.32 Å². The lowest BCUT2D eigenvalue weighted by atomic mass is 10.3. The van der Waals surface area contributed by atoms with E-state index in [4.69, 9.17) is 0 Å². The molecule has 0 saturated heterocycles. The van der Waals surface area contributed by atoms with Gasteiger partial charge in [0.05, 0.1) is 0 Å². The van der Waals surface area contributed by atoms with Crippen LogP contribution >= 0.6 is 27.7 Å². The summed E-state index contributed by atoms with van der Waals surface area (Å²) >= 11 is 4.94. The number of anilines is 1. The molecule has 8 heteroatoms. The summed E-state index contributed by atoms with van der Waals surface area (Å²) in [7, 11) is -1.95. The van der Waals surface area contributed by atoms with Crippen molar-refractivity contribution in [2.24, 2.45) is 0 Å². The van der Waals surface area contributed by atoms with E-state index in [1.165, 1.54) is 4.31 Å². The lowest BCUT2D eigenvalue weighted by molar-refractivity contribution is 0.385. The predicted molar refractivity (Wildman–Crippen MR) is 93.5 cm³/mol. The van der Waals surface area contributed by atoms with Crippen LogP contribution in [0.1, 0.15) is 20.3 Å². The molecule has 0 fully saturated rings. The number of aromatic nitrogens is 1. The Morgan fingerprint density at radius 2 is 2.14 bits per heavy atom. The minimum atomic E-state index is -3.58. The van der Waals surface area contributed by atoms with Crippen molar-refractivity contribution in [3.05, 3.63) is 16.7 Å². The standard InChI is InChI=1S/C13H22BrN3O2S2/c1-5-11(9-20-4)17(3)21(18,19)12-7-10(14)8-16-13(12)15-6-2/h7-8,11H,5-6,9H2,1-4H3,(H,15,16). The van der Waals surface area contributed by atoms with Crippen molar-refractivity contribution in [1.82, 2.24) is 9.29 Å². The van der Waals surface area contributed by atoms with E-state index >= 15 is 0 Å². The Morgan fingerprint density at radius 1 is 1.48 bits per heavy atom. The molecule has 1 rings (SSSR count). The van der Waals surface area contributed by atoms with Gasteiger partial charge in [0, 0.05) is 36.1 Å². The molecule has 1 aromatic rings. The van der Waals surface area contributed by atoms with Gasteiger partial charge < -0.3 is 5.32 Å². The second kappa shape index (κ2) is 8.36. The summed E-state index contributed by atoms with van der Waals surface area (Å²) in [6.45, 7) is 4.52. The summed E-state index contributed by atoms with van der Waals surface area (Å²) in [6.07, 6.45) is 4.35.